The molecule has 1 saturated carbocycles. The van der Waals surface area contributed by atoms with Gasteiger partial charge in [0.1, 0.15) is 17.6 Å². The van der Waals surface area contributed by atoms with Gasteiger partial charge in [0.25, 0.3) is 0 Å². The molecule has 86 valence electrons. The first kappa shape index (κ1) is 9.97. The van der Waals surface area contributed by atoms with Gasteiger partial charge in [-0.25, -0.2) is 0 Å². The topological polar surface area (TPSA) is 44.5 Å². The van der Waals surface area contributed by atoms with E-state index in [9.17, 15) is 0 Å². The first-order valence-corrected chi connectivity index (χ1v) is 5.88. The van der Waals surface area contributed by atoms with E-state index in [1.807, 2.05) is 18.2 Å². The van der Waals surface area contributed by atoms with Gasteiger partial charge >= 0.3 is 0 Å². The highest BCUT2D eigenvalue weighted by Gasteiger charge is 2.37. The Labute approximate surface area is 95.5 Å². The van der Waals surface area contributed by atoms with Crippen molar-refractivity contribution in [1.82, 2.24) is 0 Å². The summed E-state index contributed by atoms with van der Waals surface area (Å²) in [6.45, 7) is 0. The molecule has 1 aliphatic carbocycles. The molecule has 1 aromatic carbocycles. The monoisotopic (exact) mass is 219 g/mol. The number of benzene rings is 1. The Kier molecular flexibility index (Phi) is 2.28. The molecule has 1 heterocycles. The van der Waals surface area contributed by atoms with Crippen LogP contribution in [0.3, 0.4) is 0 Å². The van der Waals surface area contributed by atoms with Crippen molar-refractivity contribution < 1.29 is 9.47 Å². The molecular weight excluding hydrogens is 202 g/mol. The predicted octanol–water partition coefficient (Wildman–Crippen LogP) is 2.26. The zero-order valence-corrected chi connectivity index (χ0v) is 9.48. The molecular formula is C13H17NO2. The van der Waals surface area contributed by atoms with Gasteiger partial charge in [-0.3, -0.25) is 0 Å². The second-order valence-electron chi connectivity index (χ2n) is 4.74. The lowest BCUT2D eigenvalue weighted by molar-refractivity contribution is 0.137. The third kappa shape index (κ3) is 1.65. The summed E-state index contributed by atoms with van der Waals surface area (Å²) < 4.78 is 11.2. The van der Waals surface area contributed by atoms with Gasteiger partial charge in [0.2, 0.25) is 0 Å². The van der Waals surface area contributed by atoms with Crippen LogP contribution in [0.25, 0.3) is 0 Å². The molecule has 16 heavy (non-hydrogen) atoms. The van der Waals surface area contributed by atoms with Crippen molar-refractivity contribution in [2.45, 2.75) is 31.4 Å². The molecule has 1 aromatic rings. The largest absolute Gasteiger partial charge is 0.497 e. The summed E-state index contributed by atoms with van der Waals surface area (Å²) in [5.41, 5.74) is 7.28. The van der Waals surface area contributed by atoms with E-state index in [0.29, 0.717) is 6.10 Å². The fourth-order valence-corrected chi connectivity index (χ4v) is 2.40. The number of methoxy groups -OCH3 is 1. The summed E-state index contributed by atoms with van der Waals surface area (Å²) in [7, 11) is 1.67. The zero-order valence-electron chi connectivity index (χ0n) is 9.48. The summed E-state index contributed by atoms with van der Waals surface area (Å²) >= 11 is 0. The van der Waals surface area contributed by atoms with Crippen LogP contribution in [0.1, 0.15) is 30.9 Å². The smallest absolute Gasteiger partial charge is 0.128 e. The Morgan fingerprint density at radius 2 is 2.19 bits per heavy atom. The Hall–Kier alpha value is -1.22. The number of rotatable bonds is 2. The molecule has 3 rings (SSSR count). The summed E-state index contributed by atoms with van der Waals surface area (Å²) in [4.78, 5) is 0. The second-order valence-corrected chi connectivity index (χ2v) is 4.74. The minimum atomic E-state index is 0.111. The normalized spacial score (nSPS) is 28.1. The first-order valence-electron chi connectivity index (χ1n) is 5.88. The minimum absolute atomic E-state index is 0.111. The van der Waals surface area contributed by atoms with Crippen molar-refractivity contribution in [2.24, 2.45) is 11.7 Å². The summed E-state index contributed by atoms with van der Waals surface area (Å²) in [5, 5.41) is 0. The standard InChI is InChI=1S/C13H17NO2/c1-15-9-4-5-10-11(14)7-12(8-2-3-8)16-13(10)6-9/h4-6,8,11-12H,2-3,7,14H2,1H3. The molecule has 0 aromatic heterocycles. The lowest BCUT2D eigenvalue weighted by atomic mass is 9.95. The van der Waals surface area contributed by atoms with Gasteiger partial charge in [0, 0.05) is 24.1 Å². The van der Waals surface area contributed by atoms with Crippen molar-refractivity contribution in [3.63, 3.8) is 0 Å². The minimum Gasteiger partial charge on any atom is -0.497 e. The highest BCUT2D eigenvalue weighted by molar-refractivity contribution is 5.44. The lowest BCUT2D eigenvalue weighted by Gasteiger charge is -2.30. The van der Waals surface area contributed by atoms with Crippen LogP contribution < -0.4 is 15.2 Å². The average molecular weight is 219 g/mol. The van der Waals surface area contributed by atoms with Crippen LogP contribution in [0.5, 0.6) is 11.5 Å². The molecule has 0 saturated heterocycles. The summed E-state index contributed by atoms with van der Waals surface area (Å²) in [6.07, 6.45) is 3.84. The molecule has 0 amide bonds. The summed E-state index contributed by atoms with van der Waals surface area (Å²) in [6, 6.07) is 6.02. The molecule has 0 radical (unpaired) electrons. The van der Waals surface area contributed by atoms with Crippen LogP contribution in [0, 0.1) is 5.92 Å². The van der Waals surface area contributed by atoms with Gasteiger partial charge < -0.3 is 15.2 Å². The maximum Gasteiger partial charge on any atom is 0.128 e. The fraction of sp³-hybridized carbons (Fsp3) is 0.538. The van der Waals surface area contributed by atoms with Crippen LogP contribution in [-0.2, 0) is 0 Å². The van der Waals surface area contributed by atoms with Crippen LogP contribution in [-0.4, -0.2) is 13.2 Å². The highest BCUT2D eigenvalue weighted by atomic mass is 16.5. The Morgan fingerprint density at radius 1 is 1.38 bits per heavy atom. The van der Waals surface area contributed by atoms with Gasteiger partial charge in [0.05, 0.1) is 7.11 Å². The zero-order chi connectivity index (χ0) is 11.1. The first-order chi connectivity index (χ1) is 7.78. The molecule has 2 atom stereocenters. The number of hydrogen-bond donors (Lipinski definition) is 1. The Balaban J connectivity index is 1.91. The van der Waals surface area contributed by atoms with Gasteiger partial charge in [-0.05, 0) is 24.8 Å². The van der Waals surface area contributed by atoms with E-state index in [2.05, 4.69) is 0 Å². The van der Waals surface area contributed by atoms with E-state index in [1.165, 1.54) is 12.8 Å². The second kappa shape index (κ2) is 3.67. The van der Waals surface area contributed by atoms with Crippen LogP contribution in [0.15, 0.2) is 18.2 Å². The molecule has 0 spiro atoms. The van der Waals surface area contributed by atoms with Gasteiger partial charge in [-0.2, -0.15) is 0 Å². The number of ether oxygens (including phenoxy) is 2. The maximum absolute atomic E-state index is 6.17. The van der Waals surface area contributed by atoms with E-state index in [1.54, 1.807) is 7.11 Å². The van der Waals surface area contributed by atoms with Crippen molar-refractivity contribution >= 4 is 0 Å². The Bertz CT molecular complexity index is 401. The molecule has 2 unspecified atom stereocenters. The van der Waals surface area contributed by atoms with Crippen LogP contribution in [0.4, 0.5) is 0 Å². The number of nitrogens with two attached hydrogens (primary N) is 1. The van der Waals surface area contributed by atoms with E-state index in [-0.39, 0.29) is 6.04 Å². The SMILES string of the molecule is COc1ccc2c(c1)OC(C1CC1)CC2N. The number of hydrogen-bond acceptors (Lipinski definition) is 3. The van der Waals surface area contributed by atoms with E-state index in [0.717, 1.165) is 29.4 Å². The quantitative estimate of drug-likeness (QED) is 0.829. The van der Waals surface area contributed by atoms with Crippen molar-refractivity contribution in [1.29, 1.82) is 0 Å². The van der Waals surface area contributed by atoms with Crippen LogP contribution >= 0.6 is 0 Å². The van der Waals surface area contributed by atoms with Gasteiger partial charge in [-0.15, -0.1) is 0 Å². The third-order valence-corrected chi connectivity index (χ3v) is 3.53. The average Bonchev–Trinajstić information content (AvgIpc) is 3.12. The molecule has 1 fully saturated rings. The molecule has 0 bridgehead atoms. The van der Waals surface area contributed by atoms with E-state index >= 15 is 0 Å². The summed E-state index contributed by atoms with van der Waals surface area (Å²) in [5.74, 6) is 2.47. The van der Waals surface area contributed by atoms with E-state index < -0.39 is 0 Å². The fourth-order valence-electron chi connectivity index (χ4n) is 2.40. The molecule has 2 N–H and O–H groups in total. The van der Waals surface area contributed by atoms with Crippen molar-refractivity contribution in [3.8, 4) is 11.5 Å². The van der Waals surface area contributed by atoms with Crippen molar-refractivity contribution in [2.75, 3.05) is 7.11 Å². The maximum atomic E-state index is 6.17. The third-order valence-electron chi connectivity index (χ3n) is 3.53. The molecule has 1 aliphatic heterocycles. The molecule has 2 aliphatic rings. The highest BCUT2D eigenvalue weighted by Crippen LogP contribution is 2.44. The molecule has 3 nitrogen and oxygen atoms in total. The lowest BCUT2D eigenvalue weighted by Crippen LogP contribution is -2.30. The van der Waals surface area contributed by atoms with Crippen LogP contribution in [0.2, 0.25) is 0 Å². The van der Waals surface area contributed by atoms with Crippen molar-refractivity contribution in [3.05, 3.63) is 23.8 Å². The molecule has 3 heteroatoms. The van der Waals surface area contributed by atoms with E-state index in [4.69, 9.17) is 15.2 Å². The van der Waals surface area contributed by atoms with Gasteiger partial charge in [-0.1, -0.05) is 6.07 Å². The predicted molar refractivity (Wildman–Crippen MR) is 61.7 cm³/mol. The van der Waals surface area contributed by atoms with Gasteiger partial charge in [0.15, 0.2) is 0 Å². The number of fused-ring (bicyclic) bond motifs is 1. The Morgan fingerprint density at radius 3 is 2.88 bits per heavy atom.